The average molecular weight is 283 g/mol. The van der Waals surface area contributed by atoms with Gasteiger partial charge < -0.3 is 10.8 Å². The van der Waals surface area contributed by atoms with E-state index in [1.165, 1.54) is 0 Å². The van der Waals surface area contributed by atoms with Crippen LogP contribution in [0.1, 0.15) is 10.5 Å². The van der Waals surface area contributed by atoms with Gasteiger partial charge in [0.15, 0.2) is 5.69 Å². The topological polar surface area (TPSA) is 119 Å². The molecule has 0 aliphatic rings. The summed E-state index contributed by atoms with van der Waals surface area (Å²) in [6.07, 6.45) is 0. The van der Waals surface area contributed by atoms with Crippen LogP contribution >= 0.6 is 11.3 Å². The van der Waals surface area contributed by atoms with Crippen molar-refractivity contribution in [3.05, 3.63) is 39.8 Å². The summed E-state index contributed by atoms with van der Waals surface area (Å²) in [5, 5.41) is 19.6. The number of aromatic nitrogens is 1. The van der Waals surface area contributed by atoms with Crippen molar-refractivity contribution in [2.75, 3.05) is 5.73 Å². The van der Waals surface area contributed by atoms with Gasteiger partial charge in [-0.2, -0.15) is 0 Å². The first kappa shape index (κ1) is 12.9. The minimum atomic E-state index is -1.35. The molecule has 1 aromatic heterocycles. The van der Waals surface area contributed by atoms with Gasteiger partial charge in [-0.3, -0.25) is 10.1 Å². The number of carbonyl (C=O) groups is 1. The highest BCUT2D eigenvalue weighted by molar-refractivity contribution is 7.19. The Morgan fingerprint density at radius 2 is 2.21 bits per heavy atom. The maximum absolute atomic E-state index is 13.2. The Balaban J connectivity index is 2.64. The van der Waals surface area contributed by atoms with Gasteiger partial charge in [-0.15, -0.1) is 0 Å². The lowest BCUT2D eigenvalue weighted by atomic mass is 10.2. The summed E-state index contributed by atoms with van der Waals surface area (Å²) in [6.45, 7) is 0. The average Bonchev–Trinajstić information content (AvgIpc) is 2.70. The van der Waals surface area contributed by atoms with Crippen molar-refractivity contribution < 1.29 is 19.2 Å². The Labute approximate surface area is 109 Å². The number of carboxylic acid groups (broad SMARTS) is 1. The summed E-state index contributed by atoms with van der Waals surface area (Å²) in [6, 6.07) is 2.85. The molecule has 1 heterocycles. The van der Waals surface area contributed by atoms with Crippen molar-refractivity contribution in [2.45, 2.75) is 0 Å². The molecule has 2 aromatic rings. The van der Waals surface area contributed by atoms with Crippen molar-refractivity contribution in [1.29, 1.82) is 0 Å². The Morgan fingerprint density at radius 1 is 1.53 bits per heavy atom. The predicted octanol–water partition coefficient (Wildman–Crippen LogP) is 2.14. The van der Waals surface area contributed by atoms with E-state index in [0.29, 0.717) is 0 Å². The summed E-state index contributed by atoms with van der Waals surface area (Å²) in [7, 11) is 0. The Hall–Kier alpha value is -2.55. The molecule has 0 radical (unpaired) electrons. The lowest BCUT2D eigenvalue weighted by Gasteiger charge is -1.99. The molecule has 1 aromatic carbocycles. The molecule has 3 N–H and O–H groups in total. The van der Waals surface area contributed by atoms with Crippen molar-refractivity contribution in [1.82, 2.24) is 4.98 Å². The van der Waals surface area contributed by atoms with Crippen molar-refractivity contribution in [3.8, 4) is 10.6 Å². The molecule has 0 aliphatic heterocycles. The molecule has 0 saturated heterocycles. The van der Waals surface area contributed by atoms with Crippen LogP contribution < -0.4 is 5.73 Å². The number of nitrogens with zero attached hydrogens (tertiary/aromatic N) is 2. The molecule has 19 heavy (non-hydrogen) atoms. The Kier molecular flexibility index (Phi) is 3.13. The number of benzene rings is 1. The van der Waals surface area contributed by atoms with Crippen LogP contribution in [0.3, 0.4) is 0 Å². The second kappa shape index (κ2) is 4.61. The second-order valence-electron chi connectivity index (χ2n) is 3.46. The number of nitro groups is 1. The zero-order chi connectivity index (χ0) is 14.2. The molecule has 0 saturated carbocycles. The van der Waals surface area contributed by atoms with Gasteiger partial charge in [-0.1, -0.05) is 11.3 Å². The van der Waals surface area contributed by atoms with Crippen LogP contribution in [0.15, 0.2) is 18.2 Å². The minimum Gasteiger partial charge on any atom is -0.476 e. The number of nitro benzene ring substituents is 1. The van der Waals surface area contributed by atoms with E-state index in [0.717, 1.165) is 29.5 Å². The molecule has 0 fully saturated rings. The fraction of sp³-hybridized carbons (Fsp3) is 0. The summed E-state index contributed by atoms with van der Waals surface area (Å²) in [4.78, 5) is 24.6. The summed E-state index contributed by atoms with van der Waals surface area (Å²) < 4.78 is 13.2. The van der Waals surface area contributed by atoms with Crippen LogP contribution in [0.25, 0.3) is 10.6 Å². The largest absolute Gasteiger partial charge is 0.476 e. The van der Waals surface area contributed by atoms with Crippen LogP contribution in [-0.4, -0.2) is 21.0 Å². The molecule has 0 atom stereocenters. The number of thiazole rings is 1. The third kappa shape index (κ3) is 2.36. The zero-order valence-corrected chi connectivity index (χ0v) is 9.98. The van der Waals surface area contributed by atoms with Gasteiger partial charge in [-0.25, -0.2) is 14.2 Å². The fourth-order valence-corrected chi connectivity index (χ4v) is 2.29. The van der Waals surface area contributed by atoms with Crippen LogP contribution in [0, 0.1) is 15.9 Å². The molecule has 0 spiro atoms. The summed E-state index contributed by atoms with van der Waals surface area (Å²) >= 11 is 0.751. The van der Waals surface area contributed by atoms with Gasteiger partial charge in [-0.05, 0) is 12.1 Å². The minimum absolute atomic E-state index is 0.0129. The first-order valence-corrected chi connectivity index (χ1v) is 5.65. The van der Waals surface area contributed by atoms with E-state index in [2.05, 4.69) is 4.98 Å². The van der Waals surface area contributed by atoms with Gasteiger partial charge in [0, 0.05) is 6.07 Å². The lowest BCUT2D eigenvalue weighted by Crippen LogP contribution is -2.00. The standard InChI is InChI=1S/C10H6FN3O4S/c11-4-1-2-6(14(17)18)5(3-4)9-13-7(10(15)16)8(12)19-9/h1-3H,12H2,(H,15,16). The number of halogens is 1. The monoisotopic (exact) mass is 283 g/mol. The molecule has 9 heteroatoms. The quantitative estimate of drug-likeness (QED) is 0.657. The molecule has 98 valence electrons. The number of hydrogen-bond acceptors (Lipinski definition) is 6. The first-order valence-electron chi connectivity index (χ1n) is 4.84. The molecule has 0 bridgehead atoms. The number of nitrogens with two attached hydrogens (primary N) is 1. The smallest absolute Gasteiger partial charge is 0.357 e. The normalized spacial score (nSPS) is 10.4. The second-order valence-corrected chi connectivity index (χ2v) is 4.49. The maximum atomic E-state index is 13.2. The lowest BCUT2D eigenvalue weighted by molar-refractivity contribution is -0.384. The Bertz CT molecular complexity index is 685. The third-order valence-corrected chi connectivity index (χ3v) is 3.16. The van der Waals surface area contributed by atoms with Crippen LogP contribution in [0.4, 0.5) is 15.1 Å². The van der Waals surface area contributed by atoms with E-state index in [4.69, 9.17) is 10.8 Å². The molecule has 0 unspecified atom stereocenters. The molecule has 7 nitrogen and oxygen atoms in total. The van der Waals surface area contributed by atoms with E-state index >= 15 is 0 Å². The highest BCUT2D eigenvalue weighted by Gasteiger charge is 2.22. The highest BCUT2D eigenvalue weighted by atomic mass is 32.1. The number of carboxylic acids is 1. The maximum Gasteiger partial charge on any atom is 0.357 e. The molecule has 0 amide bonds. The Morgan fingerprint density at radius 3 is 2.74 bits per heavy atom. The number of aromatic carboxylic acids is 1. The predicted molar refractivity (Wildman–Crippen MR) is 65.5 cm³/mol. The number of hydrogen-bond donors (Lipinski definition) is 2. The number of anilines is 1. The van der Waals surface area contributed by atoms with Gasteiger partial charge in [0.25, 0.3) is 5.69 Å². The number of rotatable bonds is 3. The van der Waals surface area contributed by atoms with Crippen molar-refractivity contribution >= 4 is 28.0 Å². The van der Waals surface area contributed by atoms with Crippen molar-refractivity contribution in [2.24, 2.45) is 0 Å². The van der Waals surface area contributed by atoms with Crippen LogP contribution in [-0.2, 0) is 0 Å². The van der Waals surface area contributed by atoms with Crippen LogP contribution in [0.2, 0.25) is 0 Å². The molecule has 2 rings (SSSR count). The summed E-state index contributed by atoms with van der Waals surface area (Å²) in [5.74, 6) is -2.04. The van der Waals surface area contributed by atoms with Gasteiger partial charge in [0.05, 0.1) is 10.5 Å². The zero-order valence-electron chi connectivity index (χ0n) is 9.16. The summed E-state index contributed by atoms with van der Waals surface area (Å²) in [5.41, 5.74) is 4.58. The van der Waals surface area contributed by atoms with E-state index in [1.54, 1.807) is 0 Å². The highest BCUT2D eigenvalue weighted by Crippen LogP contribution is 2.35. The molecular weight excluding hydrogens is 277 g/mol. The fourth-order valence-electron chi connectivity index (χ4n) is 1.44. The first-order chi connectivity index (χ1) is 8.90. The number of nitrogen functional groups attached to an aromatic ring is 1. The van der Waals surface area contributed by atoms with E-state index in [1.807, 2.05) is 0 Å². The third-order valence-electron chi connectivity index (χ3n) is 2.24. The molecular formula is C10H6FN3O4S. The van der Waals surface area contributed by atoms with Gasteiger partial charge >= 0.3 is 5.97 Å². The molecule has 0 aliphatic carbocycles. The SMILES string of the molecule is Nc1sc(-c2cc(F)ccc2[N+](=O)[O-])nc1C(=O)O. The van der Waals surface area contributed by atoms with E-state index < -0.39 is 22.4 Å². The van der Waals surface area contributed by atoms with E-state index in [9.17, 15) is 19.3 Å². The van der Waals surface area contributed by atoms with Crippen LogP contribution in [0.5, 0.6) is 0 Å². The van der Waals surface area contributed by atoms with E-state index in [-0.39, 0.29) is 21.3 Å². The van der Waals surface area contributed by atoms with Gasteiger partial charge in [0.1, 0.15) is 15.8 Å². The van der Waals surface area contributed by atoms with Crippen molar-refractivity contribution in [3.63, 3.8) is 0 Å². The van der Waals surface area contributed by atoms with Gasteiger partial charge in [0.2, 0.25) is 0 Å².